The summed E-state index contributed by atoms with van der Waals surface area (Å²) in [6.45, 7) is 1.70. The molecule has 0 fully saturated rings. The lowest BCUT2D eigenvalue weighted by molar-refractivity contribution is -0.118. The molecule has 0 aliphatic carbocycles. The third-order valence-electron chi connectivity index (χ3n) is 3.61. The number of hydrogen-bond donors (Lipinski definition) is 0. The normalized spacial score (nSPS) is 10.3. The van der Waals surface area contributed by atoms with E-state index in [1.165, 1.54) is 11.8 Å². The molecule has 4 nitrogen and oxygen atoms in total. The maximum absolute atomic E-state index is 12.4. The van der Waals surface area contributed by atoms with E-state index in [4.69, 9.17) is 23.2 Å². The summed E-state index contributed by atoms with van der Waals surface area (Å²) in [6.07, 6.45) is 0.190. The van der Waals surface area contributed by atoms with Crippen molar-refractivity contribution >= 4 is 46.4 Å². The first-order chi connectivity index (χ1) is 11.4. The molecule has 2 amide bonds. The number of halogens is 2. The molecule has 24 heavy (non-hydrogen) atoms. The van der Waals surface area contributed by atoms with Crippen LogP contribution < -0.4 is 9.80 Å². The number of hydrogen-bond acceptors (Lipinski definition) is 2. The van der Waals surface area contributed by atoms with Crippen LogP contribution in [0.4, 0.5) is 11.4 Å². The van der Waals surface area contributed by atoms with Gasteiger partial charge in [-0.15, -0.1) is 0 Å². The smallest absolute Gasteiger partial charge is 0.228 e. The second-order valence-corrected chi connectivity index (χ2v) is 6.21. The Labute approximate surface area is 151 Å². The number of benzene rings is 2. The van der Waals surface area contributed by atoms with Gasteiger partial charge in [0.2, 0.25) is 11.8 Å². The summed E-state index contributed by atoms with van der Waals surface area (Å²) in [5.74, 6) is -0.260. The molecular formula is C18H18Cl2N2O2. The second kappa shape index (κ2) is 8.18. The summed E-state index contributed by atoms with van der Waals surface area (Å²) in [5, 5.41) is 0.882. The fraction of sp³-hybridized carbons (Fsp3) is 0.222. The minimum absolute atomic E-state index is 0.0828. The molecule has 126 valence electrons. The first kappa shape index (κ1) is 18.3. The SMILES string of the molecule is CC(=O)N(CCC(=O)N(C)c1ccccc1)c1cc(Cl)cc(Cl)c1. The van der Waals surface area contributed by atoms with Gasteiger partial charge in [-0.3, -0.25) is 9.59 Å². The minimum Gasteiger partial charge on any atom is -0.315 e. The first-order valence-electron chi connectivity index (χ1n) is 7.44. The minimum atomic E-state index is -0.177. The Bertz CT molecular complexity index is 715. The van der Waals surface area contributed by atoms with E-state index in [0.29, 0.717) is 15.7 Å². The van der Waals surface area contributed by atoms with Crippen LogP contribution in [0.25, 0.3) is 0 Å². The van der Waals surface area contributed by atoms with Crippen molar-refractivity contribution in [1.29, 1.82) is 0 Å². The fourth-order valence-electron chi connectivity index (χ4n) is 2.33. The topological polar surface area (TPSA) is 40.6 Å². The number of anilines is 2. The molecule has 0 bridgehead atoms. The van der Waals surface area contributed by atoms with Crippen molar-refractivity contribution in [2.45, 2.75) is 13.3 Å². The van der Waals surface area contributed by atoms with Crippen LogP contribution in [0.15, 0.2) is 48.5 Å². The molecule has 0 aromatic heterocycles. The van der Waals surface area contributed by atoms with Crippen LogP contribution in [0, 0.1) is 0 Å². The predicted octanol–water partition coefficient (Wildman–Crippen LogP) is 4.40. The lowest BCUT2D eigenvalue weighted by Gasteiger charge is -2.23. The largest absolute Gasteiger partial charge is 0.315 e. The van der Waals surface area contributed by atoms with Gasteiger partial charge in [0.15, 0.2) is 0 Å². The van der Waals surface area contributed by atoms with Gasteiger partial charge >= 0.3 is 0 Å². The van der Waals surface area contributed by atoms with E-state index in [-0.39, 0.29) is 24.8 Å². The molecular weight excluding hydrogens is 347 g/mol. The average Bonchev–Trinajstić information content (AvgIpc) is 2.53. The third-order valence-corrected chi connectivity index (χ3v) is 4.04. The quantitative estimate of drug-likeness (QED) is 0.788. The summed E-state index contributed by atoms with van der Waals surface area (Å²) in [4.78, 5) is 27.4. The highest BCUT2D eigenvalue weighted by Crippen LogP contribution is 2.26. The van der Waals surface area contributed by atoms with E-state index in [1.54, 1.807) is 30.1 Å². The van der Waals surface area contributed by atoms with Gasteiger partial charge in [-0.25, -0.2) is 0 Å². The van der Waals surface area contributed by atoms with E-state index in [9.17, 15) is 9.59 Å². The summed E-state index contributed by atoms with van der Waals surface area (Å²) >= 11 is 12.0. The highest BCUT2D eigenvalue weighted by Gasteiger charge is 2.17. The van der Waals surface area contributed by atoms with Crippen LogP contribution >= 0.6 is 23.2 Å². The van der Waals surface area contributed by atoms with Crippen LogP contribution in [0.2, 0.25) is 10.0 Å². The number of rotatable bonds is 5. The van der Waals surface area contributed by atoms with Crippen LogP contribution in [-0.2, 0) is 9.59 Å². The van der Waals surface area contributed by atoms with Gasteiger partial charge in [-0.1, -0.05) is 41.4 Å². The Morgan fingerprint density at radius 1 is 0.958 bits per heavy atom. The maximum Gasteiger partial charge on any atom is 0.228 e. The maximum atomic E-state index is 12.4. The van der Waals surface area contributed by atoms with Crippen molar-refractivity contribution in [3.05, 3.63) is 58.6 Å². The van der Waals surface area contributed by atoms with Crippen molar-refractivity contribution in [2.75, 3.05) is 23.4 Å². The van der Waals surface area contributed by atoms with Crippen molar-refractivity contribution in [3.63, 3.8) is 0 Å². The second-order valence-electron chi connectivity index (χ2n) is 5.34. The van der Waals surface area contributed by atoms with Crippen LogP contribution in [0.3, 0.4) is 0 Å². The highest BCUT2D eigenvalue weighted by molar-refractivity contribution is 6.35. The molecule has 0 aliphatic heterocycles. The molecule has 0 atom stereocenters. The van der Waals surface area contributed by atoms with Crippen LogP contribution in [-0.4, -0.2) is 25.4 Å². The van der Waals surface area contributed by atoms with E-state index < -0.39 is 0 Å². The molecule has 0 radical (unpaired) electrons. The van der Waals surface area contributed by atoms with E-state index in [2.05, 4.69) is 0 Å². The zero-order valence-electron chi connectivity index (χ0n) is 13.5. The lowest BCUT2D eigenvalue weighted by Crippen LogP contribution is -2.34. The van der Waals surface area contributed by atoms with Crippen molar-refractivity contribution in [1.82, 2.24) is 0 Å². The van der Waals surface area contributed by atoms with Gasteiger partial charge in [0.05, 0.1) is 0 Å². The first-order valence-corrected chi connectivity index (χ1v) is 8.20. The van der Waals surface area contributed by atoms with Crippen molar-refractivity contribution in [3.8, 4) is 0 Å². The summed E-state index contributed by atoms with van der Waals surface area (Å²) in [7, 11) is 1.71. The molecule has 0 N–H and O–H groups in total. The van der Waals surface area contributed by atoms with Gasteiger partial charge in [0.25, 0.3) is 0 Å². The molecule has 6 heteroatoms. The van der Waals surface area contributed by atoms with Gasteiger partial charge in [-0.2, -0.15) is 0 Å². The van der Waals surface area contributed by atoms with Crippen LogP contribution in [0.5, 0.6) is 0 Å². The Hall–Kier alpha value is -2.04. The lowest BCUT2D eigenvalue weighted by atomic mass is 10.2. The zero-order valence-corrected chi connectivity index (χ0v) is 15.0. The monoisotopic (exact) mass is 364 g/mol. The van der Waals surface area contributed by atoms with Crippen LogP contribution in [0.1, 0.15) is 13.3 Å². The highest BCUT2D eigenvalue weighted by atomic mass is 35.5. The summed E-state index contributed by atoms with van der Waals surface area (Å²) in [6, 6.07) is 14.3. The molecule has 0 unspecified atom stereocenters. The molecule has 2 rings (SSSR count). The zero-order chi connectivity index (χ0) is 17.7. The fourth-order valence-corrected chi connectivity index (χ4v) is 2.85. The number of para-hydroxylation sites is 1. The van der Waals surface area contributed by atoms with Gasteiger partial charge < -0.3 is 9.80 Å². The molecule has 0 spiro atoms. The Balaban J connectivity index is 2.09. The molecule has 2 aromatic rings. The predicted molar refractivity (Wildman–Crippen MR) is 99.0 cm³/mol. The number of carbonyl (C=O) groups is 2. The summed E-state index contributed by atoms with van der Waals surface area (Å²) in [5.41, 5.74) is 1.39. The van der Waals surface area contributed by atoms with E-state index in [0.717, 1.165) is 5.69 Å². The molecule has 0 saturated heterocycles. The summed E-state index contributed by atoms with van der Waals surface area (Å²) < 4.78 is 0. The Morgan fingerprint density at radius 2 is 1.54 bits per heavy atom. The standard InChI is InChI=1S/C18H18Cl2N2O2/c1-13(23)22(17-11-14(19)10-15(20)12-17)9-8-18(24)21(2)16-6-4-3-5-7-16/h3-7,10-12H,8-9H2,1-2H3. The molecule has 0 heterocycles. The number of nitrogens with zero attached hydrogens (tertiary/aromatic N) is 2. The number of amides is 2. The third kappa shape index (κ3) is 4.73. The Kier molecular flexibility index (Phi) is 6.23. The van der Waals surface area contributed by atoms with Gasteiger partial charge in [0.1, 0.15) is 0 Å². The molecule has 0 saturated carbocycles. The van der Waals surface area contributed by atoms with Crippen molar-refractivity contribution < 1.29 is 9.59 Å². The van der Waals surface area contributed by atoms with E-state index >= 15 is 0 Å². The Morgan fingerprint density at radius 3 is 2.08 bits per heavy atom. The molecule has 0 aliphatic rings. The number of carbonyl (C=O) groups excluding carboxylic acids is 2. The van der Waals surface area contributed by atoms with Gasteiger partial charge in [-0.05, 0) is 30.3 Å². The van der Waals surface area contributed by atoms with Gasteiger partial charge in [0, 0.05) is 48.4 Å². The average molecular weight is 365 g/mol. The van der Waals surface area contributed by atoms with E-state index in [1.807, 2.05) is 30.3 Å². The van der Waals surface area contributed by atoms with Crippen molar-refractivity contribution in [2.24, 2.45) is 0 Å². The molecule has 2 aromatic carbocycles.